The molecular formula is C28H23N9O2. The van der Waals surface area contributed by atoms with Crippen LogP contribution in [0.15, 0.2) is 84.0 Å². The second-order valence-electron chi connectivity index (χ2n) is 8.99. The number of fused-ring (bicyclic) bond motifs is 2. The van der Waals surface area contributed by atoms with E-state index in [1.165, 1.54) is 4.52 Å². The molecule has 0 aliphatic carbocycles. The predicted molar refractivity (Wildman–Crippen MR) is 145 cm³/mol. The lowest BCUT2D eigenvalue weighted by Crippen LogP contribution is -2.35. The van der Waals surface area contributed by atoms with Crippen LogP contribution in [-0.2, 0) is 7.05 Å². The summed E-state index contributed by atoms with van der Waals surface area (Å²) in [6.45, 7) is 1.81. The maximum absolute atomic E-state index is 14.0. The van der Waals surface area contributed by atoms with E-state index in [9.17, 15) is 9.59 Å². The number of aryl methyl sites for hydroxylation is 1. The summed E-state index contributed by atoms with van der Waals surface area (Å²) in [7, 11) is 1.82. The van der Waals surface area contributed by atoms with Crippen molar-refractivity contribution in [2.24, 2.45) is 7.05 Å². The molecule has 6 aromatic rings. The molecule has 3 N–H and O–H groups in total. The van der Waals surface area contributed by atoms with Crippen molar-refractivity contribution in [2.75, 3.05) is 5.73 Å². The van der Waals surface area contributed by atoms with Crippen LogP contribution >= 0.6 is 0 Å². The standard InChI is InChI=1S/C28H23N9O2/c1-18(32-27(38)25-26(29)33-24-9-6-14-30-37(24)25)23-15-22-13-12-21(11-10-19-16-31-34(2)17-19)35(22)28(39)36(23)20-7-4-3-5-8-20/h3-9,12-18H,29H2,1-2H3,(H,32,38)/t18-/m0/s1. The van der Waals surface area contributed by atoms with Crippen LogP contribution < -0.4 is 16.7 Å². The van der Waals surface area contributed by atoms with Gasteiger partial charge in [0.25, 0.3) is 5.91 Å². The highest BCUT2D eigenvalue weighted by atomic mass is 16.2. The van der Waals surface area contributed by atoms with Gasteiger partial charge in [0.2, 0.25) is 0 Å². The van der Waals surface area contributed by atoms with Crippen molar-refractivity contribution in [3.05, 3.63) is 112 Å². The van der Waals surface area contributed by atoms with Crippen LogP contribution in [0.25, 0.3) is 16.9 Å². The number of nitrogens with zero attached hydrogens (tertiary/aromatic N) is 7. The van der Waals surface area contributed by atoms with Crippen molar-refractivity contribution in [3.8, 4) is 17.5 Å². The van der Waals surface area contributed by atoms with Crippen LogP contribution in [0.3, 0.4) is 0 Å². The van der Waals surface area contributed by atoms with Gasteiger partial charge < -0.3 is 11.1 Å². The van der Waals surface area contributed by atoms with Gasteiger partial charge in [-0.2, -0.15) is 10.2 Å². The SMILES string of the molecule is C[C@H](NC(=O)c1c(N)nc2cccnn12)c1cc2ccc(C#Cc3cnn(C)c3)n2c(=O)n1-c1ccccc1. The number of hydrogen-bond donors (Lipinski definition) is 2. The molecule has 0 saturated carbocycles. The van der Waals surface area contributed by atoms with Gasteiger partial charge in [0.1, 0.15) is 5.69 Å². The van der Waals surface area contributed by atoms with Crippen molar-refractivity contribution < 1.29 is 4.79 Å². The molecule has 0 bridgehead atoms. The van der Waals surface area contributed by atoms with Crippen molar-refractivity contribution in [2.45, 2.75) is 13.0 Å². The maximum Gasteiger partial charge on any atom is 0.338 e. The van der Waals surface area contributed by atoms with E-state index in [0.717, 1.165) is 5.56 Å². The average molecular weight is 518 g/mol. The summed E-state index contributed by atoms with van der Waals surface area (Å²) < 4.78 is 6.19. The Balaban J connectivity index is 1.45. The summed E-state index contributed by atoms with van der Waals surface area (Å²) in [4.78, 5) is 31.5. The van der Waals surface area contributed by atoms with Crippen LogP contribution in [0, 0.1) is 11.8 Å². The summed E-state index contributed by atoms with van der Waals surface area (Å²) in [6, 6.07) is 17.6. The summed E-state index contributed by atoms with van der Waals surface area (Å²) in [6.07, 6.45) is 5.02. The highest BCUT2D eigenvalue weighted by molar-refractivity contribution is 5.98. The normalized spacial score (nSPS) is 11.8. The fourth-order valence-electron chi connectivity index (χ4n) is 4.54. The molecule has 0 saturated heterocycles. The Kier molecular flexibility index (Phi) is 5.69. The molecule has 0 fully saturated rings. The highest BCUT2D eigenvalue weighted by Crippen LogP contribution is 2.21. The second kappa shape index (κ2) is 9.35. The Bertz CT molecular complexity index is 1980. The first-order chi connectivity index (χ1) is 18.9. The minimum absolute atomic E-state index is 0.0673. The third-order valence-corrected chi connectivity index (χ3v) is 6.33. The lowest BCUT2D eigenvalue weighted by atomic mass is 10.1. The Morgan fingerprint density at radius 2 is 1.87 bits per heavy atom. The molecule has 1 amide bonds. The zero-order valence-electron chi connectivity index (χ0n) is 21.1. The Hall–Kier alpha value is -5.63. The summed E-state index contributed by atoms with van der Waals surface area (Å²) in [5.41, 5.74) is 9.49. The Labute approximate surface area is 222 Å². The fraction of sp³-hybridized carbons (Fsp3) is 0.107. The number of nitrogen functional groups attached to an aromatic ring is 1. The van der Waals surface area contributed by atoms with Crippen LogP contribution in [0.1, 0.15) is 40.4 Å². The number of hydrogen-bond acceptors (Lipinski definition) is 6. The lowest BCUT2D eigenvalue weighted by Gasteiger charge is -2.20. The first-order valence-corrected chi connectivity index (χ1v) is 12.1. The van der Waals surface area contributed by atoms with Gasteiger partial charge >= 0.3 is 5.69 Å². The van der Waals surface area contributed by atoms with Gasteiger partial charge in [-0.15, -0.1) is 0 Å². The van der Waals surface area contributed by atoms with Crippen LogP contribution in [0.2, 0.25) is 0 Å². The van der Waals surface area contributed by atoms with E-state index < -0.39 is 11.9 Å². The lowest BCUT2D eigenvalue weighted by molar-refractivity contribution is 0.0932. The quantitative estimate of drug-likeness (QED) is 0.345. The number of nitrogens with two attached hydrogens (primary N) is 1. The van der Waals surface area contributed by atoms with Crippen molar-refractivity contribution in [3.63, 3.8) is 0 Å². The monoisotopic (exact) mass is 517 g/mol. The molecule has 1 atom stereocenters. The van der Waals surface area contributed by atoms with E-state index in [2.05, 4.69) is 32.3 Å². The van der Waals surface area contributed by atoms with Gasteiger partial charge in [-0.1, -0.05) is 24.1 Å². The van der Waals surface area contributed by atoms with Crippen molar-refractivity contribution in [1.82, 2.24) is 38.7 Å². The van der Waals surface area contributed by atoms with Gasteiger partial charge in [-0.25, -0.2) is 14.3 Å². The Morgan fingerprint density at radius 1 is 1.05 bits per heavy atom. The number of carbonyl (C=O) groups is 1. The molecular weight excluding hydrogens is 494 g/mol. The van der Waals surface area contributed by atoms with Gasteiger partial charge in [0.05, 0.1) is 34.7 Å². The van der Waals surface area contributed by atoms with Gasteiger partial charge in [-0.05, 0) is 55.3 Å². The minimum atomic E-state index is -0.580. The molecule has 39 heavy (non-hydrogen) atoms. The average Bonchev–Trinajstić information content (AvgIpc) is 3.63. The predicted octanol–water partition coefficient (Wildman–Crippen LogP) is 2.34. The third kappa shape index (κ3) is 4.19. The zero-order valence-corrected chi connectivity index (χ0v) is 21.1. The molecule has 192 valence electrons. The first-order valence-electron chi connectivity index (χ1n) is 12.1. The molecule has 6 rings (SSSR count). The van der Waals surface area contributed by atoms with Crippen LogP contribution in [0.5, 0.6) is 0 Å². The molecule has 0 aliphatic heterocycles. The number of benzene rings is 1. The molecule has 5 heterocycles. The topological polar surface area (TPSA) is 130 Å². The number of rotatable bonds is 4. The van der Waals surface area contributed by atoms with E-state index in [0.29, 0.717) is 28.2 Å². The van der Waals surface area contributed by atoms with Crippen molar-refractivity contribution in [1.29, 1.82) is 0 Å². The van der Waals surface area contributed by atoms with E-state index in [1.807, 2.05) is 56.4 Å². The molecule has 11 heteroatoms. The van der Waals surface area contributed by atoms with Gasteiger partial charge in [-0.3, -0.25) is 18.4 Å². The van der Waals surface area contributed by atoms with Gasteiger partial charge in [0, 0.05) is 19.4 Å². The van der Waals surface area contributed by atoms with E-state index in [4.69, 9.17) is 5.73 Å². The van der Waals surface area contributed by atoms with Crippen LogP contribution in [0.4, 0.5) is 5.82 Å². The summed E-state index contributed by atoms with van der Waals surface area (Å²) in [5.74, 6) is 5.75. The van der Waals surface area contributed by atoms with E-state index >= 15 is 0 Å². The highest BCUT2D eigenvalue weighted by Gasteiger charge is 2.23. The molecule has 11 nitrogen and oxygen atoms in total. The summed E-state index contributed by atoms with van der Waals surface area (Å²) in [5, 5.41) is 11.3. The van der Waals surface area contributed by atoms with Crippen LogP contribution in [-0.4, -0.2) is 39.3 Å². The number of aromatic nitrogens is 7. The molecule has 0 aliphatic rings. The second-order valence-corrected chi connectivity index (χ2v) is 8.99. The third-order valence-electron chi connectivity index (χ3n) is 6.33. The zero-order chi connectivity index (χ0) is 27.1. The number of carbonyl (C=O) groups excluding carboxylic acids is 1. The molecule has 1 aromatic carbocycles. The number of anilines is 1. The molecule has 0 spiro atoms. The first kappa shape index (κ1) is 23.7. The van der Waals surface area contributed by atoms with Crippen molar-refractivity contribution >= 4 is 22.9 Å². The largest absolute Gasteiger partial charge is 0.382 e. The van der Waals surface area contributed by atoms with E-state index in [-0.39, 0.29) is 17.2 Å². The number of nitrogens with one attached hydrogen (secondary N) is 1. The van der Waals surface area contributed by atoms with Gasteiger partial charge in [0.15, 0.2) is 17.2 Å². The number of para-hydroxylation sites is 1. The van der Waals surface area contributed by atoms with E-state index in [1.54, 1.807) is 50.4 Å². The minimum Gasteiger partial charge on any atom is -0.382 e. The number of imidazole rings is 1. The summed E-state index contributed by atoms with van der Waals surface area (Å²) >= 11 is 0. The maximum atomic E-state index is 14.0. The fourth-order valence-corrected chi connectivity index (χ4v) is 4.54. The molecule has 0 radical (unpaired) electrons. The smallest absolute Gasteiger partial charge is 0.338 e. The number of amides is 1. The Morgan fingerprint density at radius 3 is 2.64 bits per heavy atom. The molecule has 0 unspecified atom stereocenters. The molecule has 5 aromatic heterocycles.